The molecule has 8 nitrogen and oxygen atoms in total. The molecule has 30 heavy (non-hydrogen) atoms. The molecule has 0 aliphatic heterocycles. The van der Waals surface area contributed by atoms with Crippen LogP contribution >= 0.6 is 11.3 Å². The Morgan fingerprint density at radius 3 is 2.67 bits per heavy atom. The van der Waals surface area contributed by atoms with Gasteiger partial charge >= 0.3 is 5.97 Å². The highest BCUT2D eigenvalue weighted by molar-refractivity contribution is 7.17. The van der Waals surface area contributed by atoms with Crippen LogP contribution in [0.3, 0.4) is 0 Å². The van der Waals surface area contributed by atoms with Crippen molar-refractivity contribution in [1.82, 2.24) is 14.4 Å². The molecule has 2 aromatic heterocycles. The number of rotatable bonds is 3. The zero-order valence-electron chi connectivity index (χ0n) is 16.5. The van der Waals surface area contributed by atoms with Crippen molar-refractivity contribution in [3.63, 3.8) is 0 Å². The zero-order valence-corrected chi connectivity index (χ0v) is 17.3. The minimum Gasteiger partial charge on any atom is -0.492 e. The minimum atomic E-state index is -0.910. The highest BCUT2D eigenvalue weighted by Crippen LogP contribution is 2.29. The van der Waals surface area contributed by atoms with E-state index in [0.29, 0.717) is 16.9 Å². The number of hydroxylamine groups is 2. The number of aryl methyl sites for hydroxylation is 2. The number of benzene rings is 1. The molecule has 1 amide bonds. The zero-order chi connectivity index (χ0) is 21.3. The minimum absolute atomic E-state index is 0.0669. The van der Waals surface area contributed by atoms with E-state index in [1.807, 2.05) is 6.07 Å². The van der Waals surface area contributed by atoms with E-state index in [0.717, 1.165) is 48.2 Å². The van der Waals surface area contributed by atoms with E-state index >= 15 is 0 Å². The van der Waals surface area contributed by atoms with Gasteiger partial charge in [-0.2, -0.15) is 10.0 Å². The van der Waals surface area contributed by atoms with Crippen molar-refractivity contribution in [2.24, 2.45) is 0 Å². The fourth-order valence-corrected chi connectivity index (χ4v) is 4.85. The Balaban J connectivity index is 1.79. The number of carbonyl (C=O) groups excluding carboxylic acids is 2. The van der Waals surface area contributed by atoms with Crippen molar-refractivity contribution >= 4 is 28.2 Å². The summed E-state index contributed by atoms with van der Waals surface area (Å²) < 4.78 is 1.42. The Morgan fingerprint density at radius 1 is 1.20 bits per heavy atom. The second kappa shape index (κ2) is 8.27. The topological polar surface area (TPSA) is 101 Å². The maximum Gasteiger partial charge on any atom is 0.329 e. The number of fused-ring (bicyclic) bond motifs is 3. The van der Waals surface area contributed by atoms with Crippen molar-refractivity contribution in [2.75, 3.05) is 0 Å². The quantitative estimate of drug-likeness (QED) is 0.510. The van der Waals surface area contributed by atoms with Crippen LogP contribution in [-0.2, 0) is 29.0 Å². The lowest BCUT2D eigenvalue weighted by atomic mass is 10.2. The summed E-state index contributed by atoms with van der Waals surface area (Å²) in [5.74, 6) is -2.28. The fraction of sp³-hybridized carbons (Fsp3) is 0.333. The third kappa shape index (κ3) is 3.80. The maximum atomic E-state index is 13.3. The molecule has 1 N–H and O–H groups in total. The van der Waals surface area contributed by atoms with Crippen LogP contribution in [0.15, 0.2) is 35.1 Å². The van der Waals surface area contributed by atoms with Crippen LogP contribution in [0.4, 0.5) is 0 Å². The van der Waals surface area contributed by atoms with Crippen LogP contribution in [0.5, 0.6) is 5.88 Å². The van der Waals surface area contributed by atoms with E-state index < -0.39 is 28.9 Å². The Morgan fingerprint density at radius 2 is 1.93 bits per heavy atom. The van der Waals surface area contributed by atoms with E-state index in [1.54, 1.807) is 24.3 Å². The van der Waals surface area contributed by atoms with Crippen molar-refractivity contribution in [1.29, 1.82) is 0 Å². The van der Waals surface area contributed by atoms with Crippen LogP contribution < -0.4 is 5.56 Å². The van der Waals surface area contributed by atoms with Crippen LogP contribution in [0.2, 0.25) is 0 Å². The number of hydrogen-bond donors (Lipinski definition) is 1. The molecule has 1 aliphatic rings. The third-order valence-corrected chi connectivity index (χ3v) is 6.15. The van der Waals surface area contributed by atoms with Gasteiger partial charge in [-0.05, 0) is 31.2 Å². The fourth-order valence-electron chi connectivity index (χ4n) is 3.65. The third-order valence-electron chi connectivity index (χ3n) is 5.01. The molecule has 0 unspecified atom stereocenters. The molecule has 3 aromatic rings. The first-order chi connectivity index (χ1) is 14.5. The summed E-state index contributed by atoms with van der Waals surface area (Å²) in [6.07, 6.45) is 4.62. The van der Waals surface area contributed by atoms with Gasteiger partial charge in [0.25, 0.3) is 11.5 Å². The maximum absolute atomic E-state index is 13.3. The number of nitrogens with zero attached hydrogens (tertiary/aromatic N) is 3. The molecule has 0 spiro atoms. The van der Waals surface area contributed by atoms with Crippen LogP contribution in [0.25, 0.3) is 4.96 Å². The predicted molar refractivity (Wildman–Crippen MR) is 110 cm³/mol. The largest absolute Gasteiger partial charge is 0.492 e. The molecule has 0 saturated heterocycles. The van der Waals surface area contributed by atoms with E-state index in [1.165, 1.54) is 15.7 Å². The molecule has 1 aromatic carbocycles. The molecular formula is C21H21N3O5S. The highest BCUT2D eigenvalue weighted by atomic mass is 32.1. The van der Waals surface area contributed by atoms with Gasteiger partial charge in [-0.3, -0.25) is 18.8 Å². The van der Waals surface area contributed by atoms with Crippen molar-refractivity contribution < 1.29 is 19.5 Å². The number of thiazole rings is 1. The average Bonchev–Trinajstić information content (AvgIpc) is 2.89. The number of amides is 1. The highest BCUT2D eigenvalue weighted by Gasteiger charge is 2.29. The second-order valence-corrected chi connectivity index (χ2v) is 8.24. The second-order valence-electron chi connectivity index (χ2n) is 7.18. The number of aromatic nitrogens is 2. The molecule has 0 atom stereocenters. The summed E-state index contributed by atoms with van der Waals surface area (Å²) in [4.78, 5) is 48.6. The normalized spacial score (nSPS) is 13.5. The lowest BCUT2D eigenvalue weighted by molar-refractivity contribution is -0.177. The summed E-state index contributed by atoms with van der Waals surface area (Å²) in [5, 5.41) is 11.2. The molecule has 0 radical (unpaired) electrons. The Labute approximate surface area is 176 Å². The van der Waals surface area contributed by atoms with E-state index in [4.69, 9.17) is 4.84 Å². The summed E-state index contributed by atoms with van der Waals surface area (Å²) in [6.45, 7) is 1.10. The van der Waals surface area contributed by atoms with E-state index in [9.17, 15) is 19.5 Å². The lowest BCUT2D eigenvalue weighted by Gasteiger charge is -2.20. The monoisotopic (exact) mass is 427 g/mol. The Kier molecular flexibility index (Phi) is 5.54. The number of aromatic hydroxyl groups is 1. The first kappa shape index (κ1) is 20.1. The molecular weight excluding hydrogens is 406 g/mol. The molecule has 2 heterocycles. The van der Waals surface area contributed by atoms with E-state index in [-0.39, 0.29) is 6.54 Å². The van der Waals surface area contributed by atoms with Crippen molar-refractivity contribution in [3.8, 4) is 5.88 Å². The summed E-state index contributed by atoms with van der Waals surface area (Å²) in [5.41, 5.74) is 0.396. The standard InChI is InChI=1S/C21H21N3O5S/c1-13(25)29-23(12-14-8-4-2-5-9-14)19(27)17-18(26)22-21-24(20(17)28)15-10-6-3-7-11-16(15)30-21/h2,4-5,8-9,26H,3,6-7,10-12H2,1H3. The van der Waals surface area contributed by atoms with Crippen LogP contribution in [0.1, 0.15) is 52.7 Å². The summed E-state index contributed by atoms with van der Waals surface area (Å²) >= 11 is 1.37. The number of carbonyl (C=O) groups is 2. The number of hydrogen-bond acceptors (Lipinski definition) is 7. The van der Waals surface area contributed by atoms with Gasteiger partial charge in [-0.1, -0.05) is 36.8 Å². The lowest BCUT2D eigenvalue weighted by Crippen LogP contribution is -2.37. The molecule has 0 fully saturated rings. The molecule has 0 saturated carbocycles. The van der Waals surface area contributed by atoms with E-state index in [2.05, 4.69) is 4.98 Å². The molecule has 0 bridgehead atoms. The Bertz CT molecular complexity index is 1170. The molecule has 4 rings (SSSR count). The Hall–Kier alpha value is -3.20. The van der Waals surface area contributed by atoms with Gasteiger partial charge in [0.1, 0.15) is 0 Å². The van der Waals surface area contributed by atoms with Gasteiger partial charge in [0.05, 0.1) is 6.54 Å². The first-order valence-corrected chi connectivity index (χ1v) is 10.6. The summed E-state index contributed by atoms with van der Waals surface area (Å²) in [7, 11) is 0. The molecule has 9 heteroatoms. The first-order valence-electron chi connectivity index (χ1n) is 9.76. The van der Waals surface area contributed by atoms with Crippen LogP contribution in [0, 0.1) is 0 Å². The molecule has 156 valence electrons. The summed E-state index contributed by atoms with van der Waals surface area (Å²) in [6, 6.07) is 8.91. The van der Waals surface area contributed by atoms with Gasteiger partial charge < -0.3 is 9.94 Å². The smallest absolute Gasteiger partial charge is 0.329 e. The SMILES string of the molecule is CC(=O)ON(Cc1ccccc1)C(=O)c1c(O)nc2sc3c(n2c1=O)CCCCC3. The van der Waals surface area contributed by atoms with Gasteiger partial charge in [-0.25, -0.2) is 0 Å². The van der Waals surface area contributed by atoms with Gasteiger partial charge in [-0.15, -0.1) is 11.3 Å². The van der Waals surface area contributed by atoms with Gasteiger partial charge in [0.2, 0.25) is 5.88 Å². The predicted octanol–water partition coefficient (Wildman–Crippen LogP) is 2.85. The van der Waals surface area contributed by atoms with Crippen molar-refractivity contribution in [3.05, 3.63) is 62.4 Å². The van der Waals surface area contributed by atoms with Crippen LogP contribution in [-0.4, -0.2) is 31.4 Å². The van der Waals surface area contributed by atoms with Gasteiger partial charge in [0, 0.05) is 17.5 Å². The van der Waals surface area contributed by atoms with Gasteiger partial charge in [0.15, 0.2) is 10.5 Å². The average molecular weight is 427 g/mol. The molecule has 1 aliphatic carbocycles. The van der Waals surface area contributed by atoms with Crippen molar-refractivity contribution in [2.45, 2.75) is 45.6 Å².